The van der Waals surface area contributed by atoms with E-state index >= 15 is 0 Å². The second-order valence-electron chi connectivity index (χ2n) is 12.7. The van der Waals surface area contributed by atoms with Crippen LogP contribution in [0.1, 0.15) is 58.3 Å². The minimum absolute atomic E-state index is 0.121. The lowest BCUT2D eigenvalue weighted by Gasteiger charge is -2.35. The fraction of sp³-hybridized carbons (Fsp3) is 0.656. The molecular formula is C32H44N4O5. The van der Waals surface area contributed by atoms with Crippen molar-refractivity contribution < 1.29 is 23.9 Å². The number of methoxy groups -OCH3 is 1. The molecule has 3 saturated heterocycles. The summed E-state index contributed by atoms with van der Waals surface area (Å²) >= 11 is 0. The number of carbonyl (C=O) groups excluding carboxylic acids is 3. The highest BCUT2D eigenvalue weighted by Crippen LogP contribution is 2.55. The Kier molecular flexibility index (Phi) is 8.10. The second kappa shape index (κ2) is 11.8. The van der Waals surface area contributed by atoms with Crippen LogP contribution in [0.3, 0.4) is 0 Å². The van der Waals surface area contributed by atoms with E-state index in [1.807, 2.05) is 12.2 Å². The number of rotatable bonds is 9. The number of anilines is 1. The smallest absolute Gasteiger partial charge is 0.246 e. The summed E-state index contributed by atoms with van der Waals surface area (Å²) in [6, 6.07) is 6.47. The molecule has 2 bridgehead atoms. The van der Waals surface area contributed by atoms with Crippen LogP contribution in [0.5, 0.6) is 5.75 Å². The van der Waals surface area contributed by atoms with Gasteiger partial charge in [0, 0.05) is 24.8 Å². The maximum atomic E-state index is 14.2. The number of nitrogens with zero attached hydrogens (tertiary/aromatic N) is 2. The summed E-state index contributed by atoms with van der Waals surface area (Å²) in [7, 11) is 1.59. The first-order valence-corrected chi connectivity index (χ1v) is 15.5. The van der Waals surface area contributed by atoms with Gasteiger partial charge in [0.15, 0.2) is 0 Å². The number of nitrogens with one attached hydrogen (secondary N) is 2. The zero-order valence-corrected chi connectivity index (χ0v) is 24.3. The molecule has 0 radical (unpaired) electrons. The minimum Gasteiger partial charge on any atom is -0.497 e. The van der Waals surface area contributed by atoms with Crippen molar-refractivity contribution in [3.63, 3.8) is 0 Å². The fourth-order valence-corrected chi connectivity index (χ4v) is 7.89. The number of hydrogen-bond acceptors (Lipinski definition) is 6. The Morgan fingerprint density at radius 1 is 1.05 bits per heavy atom. The predicted octanol–water partition coefficient (Wildman–Crippen LogP) is 3.36. The van der Waals surface area contributed by atoms with Gasteiger partial charge in [0.1, 0.15) is 17.4 Å². The molecule has 1 saturated carbocycles. The van der Waals surface area contributed by atoms with Gasteiger partial charge in [-0.3, -0.25) is 14.4 Å². The van der Waals surface area contributed by atoms with Gasteiger partial charge >= 0.3 is 0 Å². The third kappa shape index (κ3) is 5.39. The van der Waals surface area contributed by atoms with E-state index in [0.29, 0.717) is 23.9 Å². The van der Waals surface area contributed by atoms with Crippen LogP contribution in [0.2, 0.25) is 0 Å². The Balaban J connectivity index is 1.22. The van der Waals surface area contributed by atoms with Crippen molar-refractivity contribution in [3.05, 3.63) is 36.4 Å². The molecule has 4 aliphatic heterocycles. The number of piperidine rings is 1. The van der Waals surface area contributed by atoms with Crippen LogP contribution < -0.4 is 15.4 Å². The van der Waals surface area contributed by atoms with Gasteiger partial charge in [-0.05, 0) is 75.4 Å². The summed E-state index contributed by atoms with van der Waals surface area (Å²) in [6.45, 7) is 5.81. The van der Waals surface area contributed by atoms with Gasteiger partial charge < -0.3 is 29.9 Å². The molecule has 9 nitrogen and oxygen atoms in total. The summed E-state index contributed by atoms with van der Waals surface area (Å²) in [5.41, 5.74) is -0.497. The average Bonchev–Trinajstić information content (AvgIpc) is 3.61. The van der Waals surface area contributed by atoms with E-state index in [2.05, 4.69) is 22.5 Å². The number of benzene rings is 1. The molecule has 1 aromatic rings. The van der Waals surface area contributed by atoms with Crippen molar-refractivity contribution in [2.75, 3.05) is 38.6 Å². The second-order valence-corrected chi connectivity index (χ2v) is 12.7. The zero-order chi connectivity index (χ0) is 28.6. The first-order chi connectivity index (χ1) is 19.9. The molecule has 0 unspecified atom stereocenters. The number of fused-ring (bicyclic) bond motifs is 1. The lowest BCUT2D eigenvalue weighted by Crippen LogP contribution is -2.56. The van der Waals surface area contributed by atoms with Gasteiger partial charge in [-0.25, -0.2) is 0 Å². The average molecular weight is 565 g/mol. The molecule has 6 rings (SSSR count). The van der Waals surface area contributed by atoms with Crippen LogP contribution in [-0.2, 0) is 19.1 Å². The summed E-state index contributed by atoms with van der Waals surface area (Å²) in [5.74, 6) is -0.618. The maximum absolute atomic E-state index is 14.2. The Morgan fingerprint density at radius 3 is 2.56 bits per heavy atom. The molecule has 4 fully saturated rings. The molecule has 1 spiro atoms. The van der Waals surface area contributed by atoms with Crippen molar-refractivity contribution in [1.82, 2.24) is 15.1 Å². The fourth-order valence-electron chi connectivity index (χ4n) is 7.89. The third-order valence-electron chi connectivity index (χ3n) is 9.85. The quantitative estimate of drug-likeness (QED) is 0.447. The van der Waals surface area contributed by atoms with Gasteiger partial charge in [-0.1, -0.05) is 38.3 Å². The van der Waals surface area contributed by atoms with E-state index in [1.54, 1.807) is 36.3 Å². The molecule has 0 aromatic heterocycles. The molecule has 4 heterocycles. The zero-order valence-electron chi connectivity index (χ0n) is 24.3. The normalized spacial score (nSPS) is 33.2. The molecule has 1 aromatic carbocycles. The highest BCUT2D eigenvalue weighted by atomic mass is 16.5. The van der Waals surface area contributed by atoms with Gasteiger partial charge in [0.2, 0.25) is 17.7 Å². The summed E-state index contributed by atoms with van der Waals surface area (Å²) in [5, 5.41) is 6.25. The van der Waals surface area contributed by atoms with E-state index < -0.39 is 29.6 Å². The van der Waals surface area contributed by atoms with E-state index in [0.717, 1.165) is 51.7 Å². The molecule has 1 aliphatic carbocycles. The van der Waals surface area contributed by atoms with Crippen molar-refractivity contribution in [1.29, 1.82) is 0 Å². The van der Waals surface area contributed by atoms with E-state index in [1.165, 1.54) is 19.3 Å². The number of carbonyl (C=O) groups is 3. The minimum atomic E-state index is -1.12. The Hall–Kier alpha value is -2.91. The van der Waals surface area contributed by atoms with E-state index in [9.17, 15) is 14.4 Å². The Labute approximate surface area is 243 Å². The Morgan fingerprint density at radius 2 is 1.83 bits per heavy atom. The molecule has 41 heavy (non-hydrogen) atoms. The van der Waals surface area contributed by atoms with Crippen molar-refractivity contribution in [2.45, 2.75) is 82.1 Å². The first-order valence-electron chi connectivity index (χ1n) is 15.5. The van der Waals surface area contributed by atoms with Crippen molar-refractivity contribution in [2.24, 2.45) is 17.8 Å². The molecule has 9 heteroatoms. The van der Waals surface area contributed by atoms with Crippen LogP contribution in [0.15, 0.2) is 36.4 Å². The van der Waals surface area contributed by atoms with Crippen LogP contribution in [0.4, 0.5) is 5.69 Å². The SMILES string of the molecule is COc1ccc(NC(=O)[C@H]2[C@H]3C=C[C@]4(O3)[C@H](C(=O)NC3CCCCC3)N(CCCN3CCC[C@H](C)C3)C(=O)[C@@H]24)cc1. The third-order valence-corrected chi connectivity index (χ3v) is 9.85. The number of ether oxygens (including phenoxy) is 2. The van der Waals surface area contributed by atoms with Crippen LogP contribution >= 0.6 is 0 Å². The van der Waals surface area contributed by atoms with Crippen LogP contribution in [-0.4, -0.2) is 84.6 Å². The van der Waals surface area contributed by atoms with Gasteiger partial charge in [0.05, 0.1) is 25.0 Å². The lowest BCUT2D eigenvalue weighted by atomic mass is 9.74. The summed E-state index contributed by atoms with van der Waals surface area (Å²) < 4.78 is 11.7. The maximum Gasteiger partial charge on any atom is 0.246 e. The predicted molar refractivity (Wildman–Crippen MR) is 155 cm³/mol. The molecular weight excluding hydrogens is 520 g/mol. The highest BCUT2D eigenvalue weighted by Gasteiger charge is 2.72. The Bertz CT molecular complexity index is 1170. The standard InChI is InChI=1S/C32H44N4O5/c1-21-8-6-17-35(20-21)18-7-19-36-28(30(38)34-22-9-4-3-5-10-22)32-16-15-25(41-32)26(27(32)31(36)39)29(37)33-23-11-13-24(40-2)14-12-23/h11-16,21-22,25-28H,3-10,17-20H2,1-2H3,(H,33,37)(H,34,38)/t21-,25+,26-,27+,28-,32+/m0/s1. The van der Waals surface area contributed by atoms with Gasteiger partial charge in [0.25, 0.3) is 0 Å². The highest BCUT2D eigenvalue weighted by molar-refractivity contribution is 6.02. The summed E-state index contributed by atoms with van der Waals surface area (Å²) in [6.07, 6.45) is 11.8. The molecule has 3 amide bonds. The largest absolute Gasteiger partial charge is 0.497 e. The van der Waals surface area contributed by atoms with Gasteiger partial charge in [-0.2, -0.15) is 0 Å². The van der Waals surface area contributed by atoms with Crippen molar-refractivity contribution >= 4 is 23.4 Å². The summed E-state index contributed by atoms with van der Waals surface area (Å²) in [4.78, 5) is 46.0. The van der Waals surface area contributed by atoms with Crippen molar-refractivity contribution in [3.8, 4) is 5.75 Å². The molecule has 2 N–H and O–H groups in total. The van der Waals surface area contributed by atoms with E-state index in [-0.39, 0.29) is 23.8 Å². The monoisotopic (exact) mass is 564 g/mol. The van der Waals surface area contributed by atoms with Crippen LogP contribution in [0.25, 0.3) is 0 Å². The first kappa shape index (κ1) is 28.2. The molecule has 222 valence electrons. The van der Waals surface area contributed by atoms with Crippen LogP contribution in [0, 0.1) is 17.8 Å². The number of amides is 3. The molecule has 5 aliphatic rings. The van der Waals surface area contributed by atoms with E-state index in [4.69, 9.17) is 9.47 Å². The molecule has 6 atom stereocenters. The van der Waals surface area contributed by atoms with Gasteiger partial charge in [-0.15, -0.1) is 0 Å². The number of likely N-dealkylation sites (tertiary alicyclic amines) is 2. The number of hydrogen-bond donors (Lipinski definition) is 2. The topological polar surface area (TPSA) is 100 Å². The lowest BCUT2D eigenvalue weighted by molar-refractivity contribution is -0.141.